The average Bonchev–Trinajstić information content (AvgIpc) is 2.15. The Bertz CT molecular complexity index is 393. The van der Waals surface area contributed by atoms with Gasteiger partial charge in [-0.05, 0) is 6.92 Å². The average molecular weight is 217 g/mol. The third kappa shape index (κ3) is 2.03. The van der Waals surface area contributed by atoms with E-state index in [0.717, 1.165) is 13.3 Å². The number of carboxylic acids is 1. The second-order valence-electron chi connectivity index (χ2n) is 2.81. The first-order valence-electron chi connectivity index (χ1n) is 4.04. The highest BCUT2D eigenvalue weighted by atomic mass is 19.3. The molecule has 1 aromatic heterocycles. The van der Waals surface area contributed by atoms with Gasteiger partial charge in [0.1, 0.15) is 11.3 Å². The number of pyridine rings is 1. The van der Waals surface area contributed by atoms with Gasteiger partial charge in [0.15, 0.2) is 0 Å². The van der Waals surface area contributed by atoms with E-state index >= 15 is 0 Å². The van der Waals surface area contributed by atoms with Crippen LogP contribution >= 0.6 is 0 Å². The number of nitrogens with zero attached hydrogens (tertiary/aromatic N) is 1. The summed E-state index contributed by atoms with van der Waals surface area (Å²) in [6.45, 7) is 1.37. The van der Waals surface area contributed by atoms with E-state index in [2.05, 4.69) is 9.72 Å². The van der Waals surface area contributed by atoms with Crippen LogP contribution in [0, 0.1) is 6.92 Å². The summed E-state index contributed by atoms with van der Waals surface area (Å²) in [6, 6.07) is 0. The molecule has 0 unspecified atom stereocenters. The van der Waals surface area contributed by atoms with Crippen LogP contribution in [0.15, 0.2) is 6.20 Å². The molecule has 1 rings (SSSR count). The predicted molar refractivity (Wildman–Crippen MR) is 47.4 cm³/mol. The lowest BCUT2D eigenvalue weighted by molar-refractivity contribution is 0.0691. The Kier molecular flexibility index (Phi) is 3.18. The van der Waals surface area contributed by atoms with Crippen molar-refractivity contribution in [3.8, 4) is 5.75 Å². The van der Waals surface area contributed by atoms with Crippen molar-refractivity contribution < 1.29 is 23.4 Å². The summed E-state index contributed by atoms with van der Waals surface area (Å²) in [5.74, 6) is -1.67. The van der Waals surface area contributed by atoms with Crippen LogP contribution < -0.4 is 4.74 Å². The first kappa shape index (κ1) is 11.4. The highest BCUT2D eigenvalue weighted by molar-refractivity contribution is 5.91. The van der Waals surface area contributed by atoms with Crippen molar-refractivity contribution in [2.24, 2.45) is 0 Å². The molecule has 1 N–H and O–H groups in total. The van der Waals surface area contributed by atoms with Crippen LogP contribution in [0.3, 0.4) is 0 Å². The Balaban J connectivity index is 3.47. The quantitative estimate of drug-likeness (QED) is 0.841. The first-order valence-corrected chi connectivity index (χ1v) is 4.04. The monoisotopic (exact) mass is 217 g/mol. The Morgan fingerprint density at radius 1 is 1.60 bits per heavy atom. The summed E-state index contributed by atoms with van der Waals surface area (Å²) in [4.78, 5) is 14.3. The van der Waals surface area contributed by atoms with Crippen molar-refractivity contribution in [1.82, 2.24) is 4.98 Å². The third-order valence-corrected chi connectivity index (χ3v) is 1.92. The second kappa shape index (κ2) is 4.20. The smallest absolute Gasteiger partial charge is 0.341 e. The normalized spacial score (nSPS) is 10.5. The third-order valence-electron chi connectivity index (χ3n) is 1.92. The maximum absolute atomic E-state index is 12.6. The van der Waals surface area contributed by atoms with Crippen molar-refractivity contribution in [3.63, 3.8) is 0 Å². The molecule has 1 aromatic rings. The summed E-state index contributed by atoms with van der Waals surface area (Å²) >= 11 is 0. The number of methoxy groups -OCH3 is 1. The molecule has 1 heterocycles. The largest absolute Gasteiger partial charge is 0.495 e. The van der Waals surface area contributed by atoms with Crippen LogP contribution in [0.5, 0.6) is 5.75 Å². The number of ether oxygens (including phenoxy) is 1. The molecule has 0 aliphatic rings. The fourth-order valence-electron chi connectivity index (χ4n) is 1.23. The number of aromatic carboxylic acids is 1. The van der Waals surface area contributed by atoms with Crippen molar-refractivity contribution in [3.05, 3.63) is 23.0 Å². The lowest BCUT2D eigenvalue weighted by atomic mass is 10.1. The van der Waals surface area contributed by atoms with E-state index in [0.29, 0.717) is 0 Å². The highest BCUT2D eigenvalue weighted by Gasteiger charge is 2.23. The van der Waals surface area contributed by atoms with E-state index < -0.39 is 18.0 Å². The lowest BCUT2D eigenvalue weighted by Gasteiger charge is -2.12. The molecule has 0 fully saturated rings. The van der Waals surface area contributed by atoms with Crippen molar-refractivity contribution in [1.29, 1.82) is 0 Å². The minimum absolute atomic E-state index is 0.0619. The van der Waals surface area contributed by atoms with Crippen LogP contribution in [-0.4, -0.2) is 23.2 Å². The molecule has 0 aliphatic carbocycles. The molecular formula is C9H9F2NO3. The van der Waals surface area contributed by atoms with Crippen LogP contribution in [0.4, 0.5) is 8.78 Å². The molecule has 0 aliphatic heterocycles. The molecule has 0 aromatic carbocycles. The minimum atomic E-state index is -2.81. The number of hydrogen-bond acceptors (Lipinski definition) is 3. The number of carboxylic acid groups (broad SMARTS) is 1. The second-order valence-corrected chi connectivity index (χ2v) is 2.81. The molecule has 0 saturated heterocycles. The molecule has 15 heavy (non-hydrogen) atoms. The van der Waals surface area contributed by atoms with Gasteiger partial charge < -0.3 is 9.84 Å². The van der Waals surface area contributed by atoms with Gasteiger partial charge in [-0.15, -0.1) is 0 Å². The minimum Gasteiger partial charge on any atom is -0.495 e. The van der Waals surface area contributed by atoms with Gasteiger partial charge in [0, 0.05) is 11.9 Å². The zero-order valence-corrected chi connectivity index (χ0v) is 8.12. The topological polar surface area (TPSA) is 59.4 Å². The molecule has 6 heteroatoms. The molecule has 0 spiro atoms. The van der Waals surface area contributed by atoms with E-state index in [-0.39, 0.29) is 17.0 Å². The number of carbonyl (C=O) groups is 1. The van der Waals surface area contributed by atoms with Crippen molar-refractivity contribution >= 4 is 5.97 Å². The van der Waals surface area contributed by atoms with Crippen LogP contribution in [0.1, 0.15) is 28.0 Å². The summed E-state index contributed by atoms with van der Waals surface area (Å²) < 4.78 is 29.9. The van der Waals surface area contributed by atoms with Gasteiger partial charge in [-0.2, -0.15) is 0 Å². The van der Waals surface area contributed by atoms with Crippen LogP contribution in [0.2, 0.25) is 0 Å². The van der Waals surface area contributed by atoms with E-state index in [1.54, 1.807) is 0 Å². The van der Waals surface area contributed by atoms with Gasteiger partial charge in [0.2, 0.25) is 0 Å². The fraction of sp³-hybridized carbons (Fsp3) is 0.333. The zero-order chi connectivity index (χ0) is 11.6. The maximum Gasteiger partial charge on any atom is 0.341 e. The van der Waals surface area contributed by atoms with Gasteiger partial charge in [-0.25, -0.2) is 13.6 Å². The van der Waals surface area contributed by atoms with Gasteiger partial charge in [0.25, 0.3) is 6.43 Å². The Morgan fingerprint density at radius 3 is 2.60 bits per heavy atom. The molecule has 0 radical (unpaired) electrons. The number of alkyl halides is 2. The number of aromatic nitrogens is 1. The standard InChI is InChI=1S/C9H9F2NO3/c1-4-6(8(10)11)7(15-2)5(3-12-4)9(13)14/h3,8H,1-2H3,(H,13,14). The van der Waals surface area contributed by atoms with E-state index in [1.807, 2.05) is 0 Å². The number of hydrogen-bond donors (Lipinski definition) is 1. The van der Waals surface area contributed by atoms with E-state index in [4.69, 9.17) is 5.11 Å². The summed E-state index contributed by atoms with van der Waals surface area (Å²) in [5.41, 5.74) is -0.775. The summed E-state index contributed by atoms with van der Waals surface area (Å²) in [5, 5.41) is 8.73. The molecular weight excluding hydrogens is 208 g/mol. The first-order chi connectivity index (χ1) is 6.99. The molecule has 0 bridgehead atoms. The predicted octanol–water partition coefficient (Wildman–Crippen LogP) is 2.03. The van der Waals surface area contributed by atoms with Crippen LogP contribution in [-0.2, 0) is 0 Å². The van der Waals surface area contributed by atoms with Crippen molar-refractivity contribution in [2.75, 3.05) is 7.11 Å². The van der Waals surface area contributed by atoms with Crippen molar-refractivity contribution in [2.45, 2.75) is 13.3 Å². The zero-order valence-electron chi connectivity index (χ0n) is 8.12. The fourth-order valence-corrected chi connectivity index (χ4v) is 1.23. The Labute approximate surface area is 84.5 Å². The van der Waals surface area contributed by atoms with Gasteiger partial charge >= 0.3 is 5.97 Å². The van der Waals surface area contributed by atoms with Crippen LogP contribution in [0.25, 0.3) is 0 Å². The number of aryl methyl sites for hydroxylation is 1. The van der Waals surface area contributed by atoms with E-state index in [9.17, 15) is 13.6 Å². The van der Waals surface area contributed by atoms with Gasteiger partial charge in [-0.3, -0.25) is 4.98 Å². The Hall–Kier alpha value is -1.72. The molecule has 0 atom stereocenters. The number of rotatable bonds is 3. The SMILES string of the molecule is COc1c(C(=O)O)cnc(C)c1C(F)F. The lowest BCUT2D eigenvalue weighted by Crippen LogP contribution is -2.07. The maximum atomic E-state index is 12.6. The summed E-state index contributed by atoms with van der Waals surface area (Å²) in [6.07, 6.45) is -1.81. The molecule has 82 valence electrons. The van der Waals surface area contributed by atoms with E-state index in [1.165, 1.54) is 6.92 Å². The van der Waals surface area contributed by atoms with Gasteiger partial charge in [-0.1, -0.05) is 0 Å². The van der Waals surface area contributed by atoms with Gasteiger partial charge in [0.05, 0.1) is 12.7 Å². The Morgan fingerprint density at radius 2 is 2.20 bits per heavy atom. The molecule has 0 amide bonds. The molecule has 0 saturated carbocycles. The highest BCUT2D eigenvalue weighted by Crippen LogP contribution is 2.33. The number of halogens is 2. The summed E-state index contributed by atoms with van der Waals surface area (Å²) in [7, 11) is 1.15. The molecule has 4 nitrogen and oxygen atoms in total.